The van der Waals surface area contributed by atoms with Crippen LogP contribution in [0.2, 0.25) is 0 Å². The molecule has 0 unspecified atom stereocenters. The first kappa shape index (κ1) is 19.4. The highest BCUT2D eigenvalue weighted by molar-refractivity contribution is 5.71. The van der Waals surface area contributed by atoms with Crippen molar-refractivity contribution in [3.8, 4) is 0 Å². The van der Waals surface area contributed by atoms with Crippen LogP contribution in [-0.2, 0) is 31.9 Å². The van der Waals surface area contributed by atoms with Gasteiger partial charge in [0.2, 0.25) is 0 Å². The number of nitrogens with zero attached hydrogens (tertiary/aromatic N) is 5. The van der Waals surface area contributed by atoms with Gasteiger partial charge in [0.25, 0.3) is 5.56 Å². The van der Waals surface area contributed by atoms with Gasteiger partial charge in [-0.05, 0) is 5.56 Å². The highest BCUT2D eigenvalue weighted by Gasteiger charge is 2.21. The summed E-state index contributed by atoms with van der Waals surface area (Å²) in [5.74, 6) is 0.776. The summed E-state index contributed by atoms with van der Waals surface area (Å²) in [6, 6.07) is 10.0. The molecule has 1 fully saturated rings. The van der Waals surface area contributed by atoms with Gasteiger partial charge in [0.05, 0.1) is 19.8 Å². The largest absolute Gasteiger partial charge is 0.379 e. The molecule has 0 atom stereocenters. The Kier molecular flexibility index (Phi) is 5.46. The Labute approximate surface area is 168 Å². The van der Waals surface area contributed by atoms with Crippen LogP contribution in [0.15, 0.2) is 46.0 Å². The smallest absolute Gasteiger partial charge is 0.332 e. The third-order valence-electron chi connectivity index (χ3n) is 5.29. The molecule has 0 spiro atoms. The molecule has 8 nitrogen and oxygen atoms in total. The Morgan fingerprint density at radius 3 is 2.52 bits per heavy atom. The van der Waals surface area contributed by atoms with Gasteiger partial charge < -0.3 is 9.30 Å². The molecule has 4 rings (SSSR count). The van der Waals surface area contributed by atoms with Crippen LogP contribution < -0.4 is 11.2 Å². The minimum absolute atomic E-state index is 0.322. The summed E-state index contributed by atoms with van der Waals surface area (Å²) >= 11 is 0. The number of allylic oxidation sites excluding steroid dienone is 1. The maximum atomic E-state index is 12.9. The van der Waals surface area contributed by atoms with Crippen LogP contribution in [0.25, 0.3) is 17.2 Å². The molecule has 1 aliphatic heterocycles. The second kappa shape index (κ2) is 8.18. The van der Waals surface area contributed by atoms with E-state index in [0.29, 0.717) is 37.5 Å². The summed E-state index contributed by atoms with van der Waals surface area (Å²) < 4.78 is 9.93. The van der Waals surface area contributed by atoms with Crippen molar-refractivity contribution >= 4 is 17.2 Å². The van der Waals surface area contributed by atoms with E-state index in [1.165, 1.54) is 11.6 Å². The summed E-state index contributed by atoms with van der Waals surface area (Å²) in [5, 5.41) is 0. The van der Waals surface area contributed by atoms with Gasteiger partial charge in [-0.15, -0.1) is 0 Å². The molecule has 2 aromatic heterocycles. The molecule has 1 aliphatic rings. The van der Waals surface area contributed by atoms with Crippen LogP contribution in [-0.4, -0.2) is 49.9 Å². The Hall–Kier alpha value is -2.97. The number of aromatic nitrogens is 4. The molecule has 1 aromatic carbocycles. The van der Waals surface area contributed by atoms with E-state index in [9.17, 15) is 9.59 Å². The van der Waals surface area contributed by atoms with Gasteiger partial charge in [0, 0.05) is 33.7 Å². The van der Waals surface area contributed by atoms with E-state index in [4.69, 9.17) is 9.72 Å². The minimum Gasteiger partial charge on any atom is -0.379 e. The average Bonchev–Trinajstić information content (AvgIpc) is 3.10. The number of imidazole rings is 1. The van der Waals surface area contributed by atoms with Crippen LogP contribution in [0, 0.1) is 0 Å². The monoisotopic (exact) mass is 395 g/mol. The summed E-state index contributed by atoms with van der Waals surface area (Å²) in [6.07, 6.45) is 4.04. The predicted octanol–water partition coefficient (Wildman–Crippen LogP) is 0.979. The fraction of sp³-hybridized carbons (Fsp3) is 0.381. The zero-order valence-corrected chi connectivity index (χ0v) is 16.7. The number of hydrogen-bond acceptors (Lipinski definition) is 5. The molecule has 152 valence electrons. The van der Waals surface area contributed by atoms with Crippen LogP contribution in [0.5, 0.6) is 0 Å². The summed E-state index contributed by atoms with van der Waals surface area (Å²) in [5.41, 5.74) is 1.28. The van der Waals surface area contributed by atoms with E-state index in [-0.39, 0.29) is 11.2 Å². The second-order valence-corrected chi connectivity index (χ2v) is 7.22. The number of morpholine rings is 1. The zero-order chi connectivity index (χ0) is 20.4. The van der Waals surface area contributed by atoms with Crippen LogP contribution in [0.1, 0.15) is 11.4 Å². The maximum absolute atomic E-state index is 12.9. The molecule has 0 aliphatic carbocycles. The molecule has 3 aromatic rings. The molecular formula is C21H25N5O3. The van der Waals surface area contributed by atoms with Gasteiger partial charge in [-0.25, -0.2) is 9.78 Å². The quantitative estimate of drug-likeness (QED) is 0.644. The average molecular weight is 395 g/mol. The van der Waals surface area contributed by atoms with Gasteiger partial charge in [-0.1, -0.05) is 42.5 Å². The fourth-order valence-corrected chi connectivity index (χ4v) is 3.63. The van der Waals surface area contributed by atoms with E-state index in [2.05, 4.69) is 4.90 Å². The van der Waals surface area contributed by atoms with E-state index in [1.54, 1.807) is 7.05 Å². The molecule has 0 radical (unpaired) electrons. The number of benzene rings is 1. The van der Waals surface area contributed by atoms with Gasteiger partial charge in [-0.2, -0.15) is 0 Å². The SMILES string of the molecule is Cn1c(=O)c2c(nc(CN3CCOCC3)n2CC=Cc2ccccc2)n(C)c1=O. The van der Waals surface area contributed by atoms with Crippen molar-refractivity contribution in [3.05, 3.63) is 68.6 Å². The summed E-state index contributed by atoms with van der Waals surface area (Å²) in [4.78, 5) is 32.2. The lowest BCUT2D eigenvalue weighted by Gasteiger charge is -2.26. The second-order valence-electron chi connectivity index (χ2n) is 7.22. The van der Waals surface area contributed by atoms with Crippen molar-refractivity contribution < 1.29 is 4.74 Å². The predicted molar refractivity (Wildman–Crippen MR) is 112 cm³/mol. The summed E-state index contributed by atoms with van der Waals surface area (Å²) in [7, 11) is 3.16. The Morgan fingerprint density at radius 1 is 1.07 bits per heavy atom. The molecule has 0 saturated carbocycles. The highest BCUT2D eigenvalue weighted by Crippen LogP contribution is 2.15. The van der Waals surface area contributed by atoms with Crippen molar-refractivity contribution in [2.24, 2.45) is 14.1 Å². The van der Waals surface area contributed by atoms with E-state index < -0.39 is 0 Å². The highest BCUT2D eigenvalue weighted by atomic mass is 16.5. The summed E-state index contributed by atoms with van der Waals surface area (Å²) in [6.45, 7) is 4.12. The lowest BCUT2D eigenvalue weighted by Crippen LogP contribution is -2.37. The van der Waals surface area contributed by atoms with Crippen molar-refractivity contribution in [2.45, 2.75) is 13.1 Å². The lowest BCUT2D eigenvalue weighted by atomic mass is 10.2. The van der Waals surface area contributed by atoms with Gasteiger partial charge in [0.15, 0.2) is 11.2 Å². The van der Waals surface area contributed by atoms with Gasteiger partial charge in [-0.3, -0.25) is 18.8 Å². The van der Waals surface area contributed by atoms with E-state index in [1.807, 2.05) is 47.1 Å². The van der Waals surface area contributed by atoms with Crippen molar-refractivity contribution in [3.63, 3.8) is 0 Å². The molecule has 0 N–H and O–H groups in total. The molecule has 8 heteroatoms. The number of rotatable bonds is 5. The third-order valence-corrected chi connectivity index (χ3v) is 5.29. The minimum atomic E-state index is -0.370. The third kappa shape index (κ3) is 3.81. The van der Waals surface area contributed by atoms with Crippen LogP contribution in [0.3, 0.4) is 0 Å². The van der Waals surface area contributed by atoms with Crippen LogP contribution >= 0.6 is 0 Å². The Morgan fingerprint density at radius 2 is 1.79 bits per heavy atom. The number of ether oxygens (including phenoxy) is 1. The standard InChI is InChI=1S/C21H25N5O3/c1-23-19-18(20(27)24(2)21(23)28)26(10-6-9-16-7-4-3-5-8-16)17(22-19)15-25-11-13-29-14-12-25/h3-9H,10-15H2,1-2H3. The number of fused-ring (bicyclic) bond motifs is 1. The number of hydrogen-bond donors (Lipinski definition) is 0. The lowest BCUT2D eigenvalue weighted by molar-refractivity contribution is 0.0327. The maximum Gasteiger partial charge on any atom is 0.332 e. The van der Waals surface area contributed by atoms with Crippen molar-refractivity contribution in [1.29, 1.82) is 0 Å². The van der Waals surface area contributed by atoms with Crippen molar-refractivity contribution in [2.75, 3.05) is 26.3 Å². The molecule has 0 bridgehead atoms. The molecule has 0 amide bonds. The Bertz CT molecular complexity index is 1150. The molecule has 1 saturated heterocycles. The number of aryl methyl sites for hydroxylation is 1. The Balaban J connectivity index is 1.77. The van der Waals surface area contributed by atoms with Gasteiger partial charge >= 0.3 is 5.69 Å². The first-order valence-electron chi connectivity index (χ1n) is 9.73. The molecular weight excluding hydrogens is 370 g/mol. The fourth-order valence-electron chi connectivity index (χ4n) is 3.63. The van der Waals surface area contributed by atoms with Crippen LogP contribution in [0.4, 0.5) is 0 Å². The molecule has 29 heavy (non-hydrogen) atoms. The van der Waals surface area contributed by atoms with Gasteiger partial charge in [0.1, 0.15) is 5.82 Å². The normalized spacial score (nSPS) is 15.5. The topological polar surface area (TPSA) is 74.3 Å². The van der Waals surface area contributed by atoms with E-state index in [0.717, 1.165) is 29.0 Å². The zero-order valence-electron chi connectivity index (χ0n) is 16.7. The van der Waals surface area contributed by atoms with E-state index >= 15 is 0 Å². The first-order valence-corrected chi connectivity index (χ1v) is 9.73. The first-order chi connectivity index (χ1) is 14.1. The van der Waals surface area contributed by atoms with Crippen molar-refractivity contribution in [1.82, 2.24) is 23.6 Å². The molecule has 3 heterocycles.